The summed E-state index contributed by atoms with van der Waals surface area (Å²) >= 11 is 0. The van der Waals surface area contributed by atoms with Crippen LogP contribution in [0.4, 0.5) is 0 Å². The third-order valence-corrected chi connectivity index (χ3v) is 3.48. The normalized spacial score (nSPS) is 24.4. The quantitative estimate of drug-likeness (QED) is 0.811. The first-order valence-electron chi connectivity index (χ1n) is 6.74. The predicted octanol–water partition coefficient (Wildman–Crippen LogP) is 2.12. The summed E-state index contributed by atoms with van der Waals surface area (Å²) in [5.41, 5.74) is 1.21. The molecule has 0 spiro atoms. The molecule has 1 saturated carbocycles. The molecule has 0 bridgehead atoms. The predicted molar refractivity (Wildman–Crippen MR) is 72.9 cm³/mol. The van der Waals surface area contributed by atoms with Gasteiger partial charge in [0, 0.05) is 12.6 Å². The largest absolute Gasteiger partial charge is 0.491 e. The maximum Gasteiger partial charge on any atom is 0.119 e. The van der Waals surface area contributed by atoms with E-state index in [1.54, 1.807) is 0 Å². The fourth-order valence-electron chi connectivity index (χ4n) is 2.26. The highest BCUT2D eigenvalue weighted by atomic mass is 16.5. The summed E-state index contributed by atoms with van der Waals surface area (Å²) in [5.74, 6) is 1.65. The zero-order valence-corrected chi connectivity index (χ0v) is 11.2. The topological polar surface area (TPSA) is 41.5 Å². The van der Waals surface area contributed by atoms with Crippen LogP contribution in [-0.2, 0) is 0 Å². The Kier molecular flexibility index (Phi) is 4.61. The Morgan fingerprint density at radius 2 is 2.00 bits per heavy atom. The third kappa shape index (κ3) is 4.00. The summed E-state index contributed by atoms with van der Waals surface area (Å²) in [5, 5.41) is 13.2. The van der Waals surface area contributed by atoms with E-state index in [1.165, 1.54) is 18.4 Å². The van der Waals surface area contributed by atoms with E-state index in [4.69, 9.17) is 4.74 Å². The molecular weight excluding hydrogens is 226 g/mol. The highest BCUT2D eigenvalue weighted by Gasteiger charge is 2.25. The number of aryl methyl sites for hydroxylation is 1. The van der Waals surface area contributed by atoms with Crippen molar-refractivity contribution in [2.45, 2.75) is 38.8 Å². The Bertz CT molecular complexity index is 357. The molecule has 0 aliphatic heterocycles. The van der Waals surface area contributed by atoms with Crippen LogP contribution in [-0.4, -0.2) is 30.4 Å². The second kappa shape index (κ2) is 6.21. The number of nitrogens with one attached hydrogen (secondary N) is 1. The van der Waals surface area contributed by atoms with E-state index in [2.05, 4.69) is 12.2 Å². The second-order valence-electron chi connectivity index (χ2n) is 5.46. The van der Waals surface area contributed by atoms with E-state index in [0.29, 0.717) is 19.2 Å². The lowest BCUT2D eigenvalue weighted by molar-refractivity contribution is 0.0955. The standard InChI is InChI=1S/C15H23NO2/c1-11-3-5-15(6-4-11)18-10-14(17)9-16-13-7-12(2)8-13/h3-6,12-14,16-17H,7-10H2,1-2H3. The van der Waals surface area contributed by atoms with Crippen LogP contribution < -0.4 is 10.1 Å². The van der Waals surface area contributed by atoms with Gasteiger partial charge in [-0.3, -0.25) is 0 Å². The van der Waals surface area contributed by atoms with Crippen molar-refractivity contribution in [1.82, 2.24) is 5.32 Å². The van der Waals surface area contributed by atoms with Gasteiger partial charge < -0.3 is 15.2 Å². The molecule has 0 aromatic heterocycles. The van der Waals surface area contributed by atoms with Gasteiger partial charge in [0.2, 0.25) is 0 Å². The number of rotatable bonds is 6. The van der Waals surface area contributed by atoms with Crippen LogP contribution in [0.25, 0.3) is 0 Å². The van der Waals surface area contributed by atoms with Gasteiger partial charge in [-0.25, -0.2) is 0 Å². The molecule has 3 nitrogen and oxygen atoms in total. The van der Waals surface area contributed by atoms with E-state index in [0.717, 1.165) is 11.7 Å². The maximum atomic E-state index is 9.81. The van der Waals surface area contributed by atoms with Crippen LogP contribution in [0.1, 0.15) is 25.3 Å². The van der Waals surface area contributed by atoms with Crippen molar-refractivity contribution in [2.75, 3.05) is 13.2 Å². The molecule has 100 valence electrons. The number of aliphatic hydroxyl groups is 1. The first-order valence-corrected chi connectivity index (χ1v) is 6.74. The van der Waals surface area contributed by atoms with Gasteiger partial charge in [-0.15, -0.1) is 0 Å². The molecule has 1 aliphatic rings. The zero-order chi connectivity index (χ0) is 13.0. The molecule has 0 amide bonds. The van der Waals surface area contributed by atoms with Gasteiger partial charge in [0.1, 0.15) is 18.5 Å². The average Bonchev–Trinajstić information content (AvgIpc) is 2.32. The molecule has 1 unspecified atom stereocenters. The monoisotopic (exact) mass is 249 g/mol. The molecule has 3 heteroatoms. The van der Waals surface area contributed by atoms with E-state index in [-0.39, 0.29) is 0 Å². The van der Waals surface area contributed by atoms with Gasteiger partial charge in [-0.05, 0) is 37.8 Å². The first kappa shape index (κ1) is 13.4. The minimum Gasteiger partial charge on any atom is -0.491 e. The minimum absolute atomic E-state index is 0.346. The van der Waals surface area contributed by atoms with E-state index >= 15 is 0 Å². The molecule has 2 rings (SSSR count). The number of hydrogen-bond acceptors (Lipinski definition) is 3. The number of hydrogen-bond donors (Lipinski definition) is 2. The molecule has 1 fully saturated rings. The second-order valence-corrected chi connectivity index (χ2v) is 5.46. The molecule has 2 N–H and O–H groups in total. The summed E-state index contributed by atoms with van der Waals surface area (Å²) in [6.07, 6.45) is 2.01. The molecule has 1 aliphatic carbocycles. The van der Waals surface area contributed by atoms with Crippen LogP contribution in [0.3, 0.4) is 0 Å². The van der Waals surface area contributed by atoms with Crippen molar-refractivity contribution < 1.29 is 9.84 Å². The van der Waals surface area contributed by atoms with E-state index in [9.17, 15) is 5.11 Å². The molecular formula is C15H23NO2. The SMILES string of the molecule is Cc1ccc(OCC(O)CNC2CC(C)C2)cc1. The van der Waals surface area contributed by atoms with Gasteiger partial charge in [0.25, 0.3) is 0 Å². The van der Waals surface area contributed by atoms with Crippen molar-refractivity contribution in [1.29, 1.82) is 0 Å². The highest BCUT2D eigenvalue weighted by Crippen LogP contribution is 2.26. The number of benzene rings is 1. The van der Waals surface area contributed by atoms with Crippen LogP contribution in [0.15, 0.2) is 24.3 Å². The zero-order valence-electron chi connectivity index (χ0n) is 11.2. The van der Waals surface area contributed by atoms with Crippen molar-refractivity contribution in [2.24, 2.45) is 5.92 Å². The van der Waals surface area contributed by atoms with E-state index < -0.39 is 6.10 Å². The van der Waals surface area contributed by atoms with Crippen LogP contribution in [0.2, 0.25) is 0 Å². The molecule has 1 aromatic rings. The summed E-state index contributed by atoms with van der Waals surface area (Å²) < 4.78 is 5.54. The lowest BCUT2D eigenvalue weighted by Gasteiger charge is -2.34. The Balaban J connectivity index is 1.62. The molecule has 1 atom stereocenters. The summed E-state index contributed by atoms with van der Waals surface area (Å²) in [6.45, 7) is 5.26. The number of aliphatic hydroxyl groups excluding tert-OH is 1. The molecule has 1 aromatic carbocycles. The van der Waals surface area contributed by atoms with Crippen molar-refractivity contribution in [3.8, 4) is 5.75 Å². The van der Waals surface area contributed by atoms with E-state index in [1.807, 2.05) is 31.2 Å². The van der Waals surface area contributed by atoms with Gasteiger partial charge in [-0.2, -0.15) is 0 Å². The minimum atomic E-state index is -0.442. The molecule has 0 saturated heterocycles. The van der Waals surface area contributed by atoms with Gasteiger partial charge in [0.05, 0.1) is 0 Å². The Hall–Kier alpha value is -1.06. The van der Waals surface area contributed by atoms with Crippen molar-refractivity contribution in [3.63, 3.8) is 0 Å². The smallest absolute Gasteiger partial charge is 0.119 e. The molecule has 0 radical (unpaired) electrons. The Morgan fingerprint density at radius 3 is 2.61 bits per heavy atom. The van der Waals surface area contributed by atoms with Gasteiger partial charge in [-0.1, -0.05) is 24.6 Å². The summed E-state index contributed by atoms with van der Waals surface area (Å²) in [7, 11) is 0. The van der Waals surface area contributed by atoms with Crippen molar-refractivity contribution >= 4 is 0 Å². The molecule has 0 heterocycles. The fourth-order valence-corrected chi connectivity index (χ4v) is 2.26. The Morgan fingerprint density at radius 1 is 1.33 bits per heavy atom. The summed E-state index contributed by atoms with van der Waals surface area (Å²) in [4.78, 5) is 0. The maximum absolute atomic E-state index is 9.81. The lowest BCUT2D eigenvalue weighted by Crippen LogP contribution is -2.44. The van der Waals surface area contributed by atoms with Crippen LogP contribution in [0.5, 0.6) is 5.75 Å². The van der Waals surface area contributed by atoms with Gasteiger partial charge >= 0.3 is 0 Å². The first-order chi connectivity index (χ1) is 8.63. The third-order valence-electron chi connectivity index (χ3n) is 3.48. The van der Waals surface area contributed by atoms with Gasteiger partial charge in [0.15, 0.2) is 0 Å². The van der Waals surface area contributed by atoms with Crippen molar-refractivity contribution in [3.05, 3.63) is 29.8 Å². The summed E-state index contributed by atoms with van der Waals surface area (Å²) in [6, 6.07) is 8.48. The average molecular weight is 249 g/mol. The van der Waals surface area contributed by atoms with Crippen LogP contribution in [0, 0.1) is 12.8 Å². The number of ether oxygens (including phenoxy) is 1. The lowest BCUT2D eigenvalue weighted by atomic mass is 9.82. The highest BCUT2D eigenvalue weighted by molar-refractivity contribution is 5.26. The fraction of sp³-hybridized carbons (Fsp3) is 0.600. The molecule has 18 heavy (non-hydrogen) atoms. The Labute approximate surface area is 109 Å². The van der Waals surface area contributed by atoms with Crippen LogP contribution >= 0.6 is 0 Å².